The van der Waals surface area contributed by atoms with Crippen molar-refractivity contribution < 1.29 is 28.7 Å². The SMILES string of the molecule is O=C(O[C@@H]1CCOC1)O[C@@H]1CCO[C@@H]1c1ccc([N+](=O)[O-])cc1. The Morgan fingerprint density at radius 2 is 1.96 bits per heavy atom. The molecule has 2 heterocycles. The molecule has 0 N–H and O–H groups in total. The third-order valence-corrected chi connectivity index (χ3v) is 3.87. The van der Waals surface area contributed by atoms with Crippen LogP contribution in [0, 0.1) is 10.1 Å². The van der Waals surface area contributed by atoms with E-state index in [4.69, 9.17) is 18.9 Å². The van der Waals surface area contributed by atoms with Gasteiger partial charge in [0.1, 0.15) is 18.3 Å². The smallest absolute Gasteiger partial charge is 0.428 e. The maximum absolute atomic E-state index is 11.8. The first kappa shape index (κ1) is 15.7. The van der Waals surface area contributed by atoms with Crippen LogP contribution in [0.1, 0.15) is 24.5 Å². The number of hydrogen-bond acceptors (Lipinski definition) is 7. The van der Waals surface area contributed by atoms with Crippen molar-refractivity contribution in [1.82, 2.24) is 0 Å². The monoisotopic (exact) mass is 323 g/mol. The Hall–Kier alpha value is -2.19. The molecule has 0 aliphatic carbocycles. The molecule has 0 amide bonds. The van der Waals surface area contributed by atoms with E-state index in [1.165, 1.54) is 12.1 Å². The lowest BCUT2D eigenvalue weighted by Crippen LogP contribution is -2.25. The summed E-state index contributed by atoms with van der Waals surface area (Å²) < 4.78 is 21.3. The zero-order valence-corrected chi connectivity index (χ0v) is 12.4. The van der Waals surface area contributed by atoms with Gasteiger partial charge in [-0.25, -0.2) is 4.79 Å². The minimum atomic E-state index is -0.733. The highest BCUT2D eigenvalue weighted by molar-refractivity contribution is 5.60. The highest BCUT2D eigenvalue weighted by Gasteiger charge is 2.34. The summed E-state index contributed by atoms with van der Waals surface area (Å²) in [6.45, 7) is 1.42. The molecular weight excluding hydrogens is 306 g/mol. The van der Waals surface area contributed by atoms with Gasteiger partial charge in [-0.3, -0.25) is 10.1 Å². The molecule has 0 unspecified atom stereocenters. The van der Waals surface area contributed by atoms with E-state index in [1.54, 1.807) is 12.1 Å². The van der Waals surface area contributed by atoms with Crippen LogP contribution in [0.15, 0.2) is 24.3 Å². The minimum absolute atomic E-state index is 0.00450. The summed E-state index contributed by atoms with van der Waals surface area (Å²) in [6.07, 6.45) is -0.681. The predicted octanol–water partition coefficient (Wildman–Crippen LogP) is 2.37. The van der Waals surface area contributed by atoms with Crippen LogP contribution in [-0.4, -0.2) is 43.1 Å². The number of hydrogen-bond donors (Lipinski definition) is 0. The number of non-ortho nitro benzene ring substituents is 1. The van der Waals surface area contributed by atoms with Crippen LogP contribution in [-0.2, 0) is 18.9 Å². The van der Waals surface area contributed by atoms with Gasteiger partial charge in [-0.05, 0) is 17.7 Å². The van der Waals surface area contributed by atoms with Crippen LogP contribution in [0.5, 0.6) is 0 Å². The standard InChI is InChI=1S/C15H17NO7/c17-15(22-12-5-7-20-9-12)23-13-6-8-21-14(13)10-1-3-11(4-2-10)16(18)19/h1-4,12-14H,5-9H2/t12-,13-,14-/m1/s1. The van der Waals surface area contributed by atoms with E-state index in [0.29, 0.717) is 32.7 Å². The largest absolute Gasteiger partial charge is 0.509 e. The maximum Gasteiger partial charge on any atom is 0.509 e. The first-order chi connectivity index (χ1) is 11.1. The molecule has 8 heteroatoms. The van der Waals surface area contributed by atoms with Gasteiger partial charge in [0.25, 0.3) is 5.69 Å². The van der Waals surface area contributed by atoms with Crippen molar-refractivity contribution >= 4 is 11.8 Å². The molecule has 0 bridgehead atoms. The van der Waals surface area contributed by atoms with Gasteiger partial charge >= 0.3 is 6.16 Å². The lowest BCUT2D eigenvalue weighted by atomic mass is 10.0. The van der Waals surface area contributed by atoms with Gasteiger partial charge in [0, 0.05) is 25.0 Å². The molecule has 0 saturated carbocycles. The average molecular weight is 323 g/mol. The second-order valence-electron chi connectivity index (χ2n) is 5.44. The van der Waals surface area contributed by atoms with Crippen molar-refractivity contribution in [3.8, 4) is 0 Å². The second-order valence-corrected chi connectivity index (χ2v) is 5.44. The van der Waals surface area contributed by atoms with E-state index < -0.39 is 23.3 Å². The van der Waals surface area contributed by atoms with Crippen molar-refractivity contribution in [2.75, 3.05) is 19.8 Å². The predicted molar refractivity (Wildman–Crippen MR) is 77.0 cm³/mol. The van der Waals surface area contributed by atoms with Crippen LogP contribution in [0.25, 0.3) is 0 Å². The van der Waals surface area contributed by atoms with E-state index in [9.17, 15) is 14.9 Å². The van der Waals surface area contributed by atoms with Gasteiger partial charge in [-0.2, -0.15) is 0 Å². The van der Waals surface area contributed by atoms with E-state index >= 15 is 0 Å². The summed E-state index contributed by atoms with van der Waals surface area (Å²) >= 11 is 0. The van der Waals surface area contributed by atoms with Crippen LogP contribution >= 0.6 is 0 Å². The second kappa shape index (κ2) is 6.93. The van der Waals surface area contributed by atoms with Gasteiger partial charge in [-0.1, -0.05) is 0 Å². The maximum atomic E-state index is 11.8. The molecule has 3 rings (SSSR count). The fourth-order valence-electron chi connectivity index (χ4n) is 2.68. The number of carbonyl (C=O) groups excluding carboxylic acids is 1. The van der Waals surface area contributed by atoms with Crippen molar-refractivity contribution in [2.24, 2.45) is 0 Å². The number of rotatable bonds is 4. The van der Waals surface area contributed by atoms with E-state index in [0.717, 1.165) is 5.56 Å². The van der Waals surface area contributed by atoms with Gasteiger partial charge in [0.05, 0.1) is 24.7 Å². The summed E-state index contributed by atoms with van der Waals surface area (Å²) in [4.78, 5) is 22.1. The Bertz CT molecular complexity index is 568. The Kier molecular flexibility index (Phi) is 4.73. The van der Waals surface area contributed by atoms with Gasteiger partial charge in [0.15, 0.2) is 0 Å². The molecule has 3 atom stereocenters. The molecular formula is C15H17NO7. The molecule has 0 aromatic heterocycles. The molecule has 0 spiro atoms. The Balaban J connectivity index is 1.60. The molecule has 2 fully saturated rings. The van der Waals surface area contributed by atoms with E-state index in [2.05, 4.69) is 0 Å². The molecule has 2 saturated heterocycles. The fourth-order valence-corrected chi connectivity index (χ4v) is 2.68. The lowest BCUT2D eigenvalue weighted by molar-refractivity contribution is -0.384. The third kappa shape index (κ3) is 3.77. The Labute approximate surface area is 132 Å². The van der Waals surface area contributed by atoms with Crippen LogP contribution < -0.4 is 0 Å². The van der Waals surface area contributed by atoms with E-state index in [-0.39, 0.29) is 11.8 Å². The Morgan fingerprint density at radius 3 is 2.61 bits per heavy atom. The lowest BCUT2D eigenvalue weighted by Gasteiger charge is -2.20. The number of nitro benzene ring substituents is 1. The third-order valence-electron chi connectivity index (χ3n) is 3.87. The quantitative estimate of drug-likeness (QED) is 0.476. The van der Waals surface area contributed by atoms with Crippen LogP contribution in [0.3, 0.4) is 0 Å². The molecule has 8 nitrogen and oxygen atoms in total. The number of nitro groups is 1. The van der Waals surface area contributed by atoms with Gasteiger partial charge in [-0.15, -0.1) is 0 Å². The first-order valence-electron chi connectivity index (χ1n) is 7.44. The molecule has 23 heavy (non-hydrogen) atoms. The molecule has 124 valence electrons. The molecule has 2 aliphatic heterocycles. The molecule has 1 aromatic rings. The number of carbonyl (C=O) groups is 1. The number of benzene rings is 1. The Morgan fingerprint density at radius 1 is 1.17 bits per heavy atom. The highest BCUT2D eigenvalue weighted by Crippen LogP contribution is 2.32. The zero-order chi connectivity index (χ0) is 16.2. The van der Waals surface area contributed by atoms with Crippen molar-refractivity contribution in [3.05, 3.63) is 39.9 Å². The summed E-state index contributed by atoms with van der Waals surface area (Å²) in [5.41, 5.74) is 0.736. The van der Waals surface area contributed by atoms with Crippen LogP contribution in [0.4, 0.5) is 10.5 Å². The van der Waals surface area contributed by atoms with Crippen molar-refractivity contribution in [2.45, 2.75) is 31.2 Å². The summed E-state index contributed by atoms with van der Waals surface area (Å²) in [7, 11) is 0. The normalized spacial score (nSPS) is 26.9. The van der Waals surface area contributed by atoms with Crippen molar-refractivity contribution in [3.63, 3.8) is 0 Å². The molecule has 2 aliphatic rings. The van der Waals surface area contributed by atoms with Gasteiger partial charge in [0.2, 0.25) is 0 Å². The molecule has 0 radical (unpaired) electrons. The van der Waals surface area contributed by atoms with Gasteiger partial charge < -0.3 is 18.9 Å². The van der Waals surface area contributed by atoms with Crippen molar-refractivity contribution in [1.29, 1.82) is 0 Å². The fraction of sp³-hybridized carbons (Fsp3) is 0.533. The number of nitrogens with zero attached hydrogens (tertiary/aromatic N) is 1. The summed E-state index contributed by atoms with van der Waals surface area (Å²) in [5, 5.41) is 10.7. The first-order valence-corrected chi connectivity index (χ1v) is 7.44. The average Bonchev–Trinajstić information content (AvgIpc) is 3.19. The number of ether oxygens (including phenoxy) is 4. The van der Waals surface area contributed by atoms with E-state index in [1.807, 2.05) is 0 Å². The molecule has 1 aromatic carbocycles. The summed E-state index contributed by atoms with van der Waals surface area (Å²) in [6, 6.07) is 6.03. The topological polar surface area (TPSA) is 97.1 Å². The summed E-state index contributed by atoms with van der Waals surface area (Å²) in [5.74, 6) is 0. The highest BCUT2D eigenvalue weighted by atomic mass is 16.7. The minimum Gasteiger partial charge on any atom is -0.428 e. The zero-order valence-electron chi connectivity index (χ0n) is 12.4. The van der Waals surface area contributed by atoms with Crippen LogP contribution in [0.2, 0.25) is 0 Å².